The summed E-state index contributed by atoms with van der Waals surface area (Å²) in [6, 6.07) is 3.97. The number of pyridine rings is 1. The van der Waals surface area contributed by atoms with Crippen LogP contribution in [-0.4, -0.2) is 40.9 Å². The fourth-order valence-electron chi connectivity index (χ4n) is 2.29. The van der Waals surface area contributed by atoms with Crippen LogP contribution in [0.2, 0.25) is 0 Å². The van der Waals surface area contributed by atoms with E-state index < -0.39 is 0 Å². The van der Waals surface area contributed by atoms with Gasteiger partial charge in [0.15, 0.2) is 0 Å². The van der Waals surface area contributed by atoms with Crippen LogP contribution >= 0.6 is 15.9 Å². The summed E-state index contributed by atoms with van der Waals surface area (Å²) in [5, 5.41) is 7.40. The maximum atomic E-state index is 5.50. The van der Waals surface area contributed by atoms with Crippen LogP contribution in [0.4, 0.5) is 0 Å². The predicted molar refractivity (Wildman–Crippen MR) is 76.3 cm³/mol. The van der Waals surface area contributed by atoms with Crippen molar-refractivity contribution < 1.29 is 9.26 Å². The molecule has 0 aromatic carbocycles. The van der Waals surface area contributed by atoms with E-state index >= 15 is 0 Å². The third-order valence-electron chi connectivity index (χ3n) is 3.28. The molecule has 1 N–H and O–H groups in total. The van der Waals surface area contributed by atoms with Crippen molar-refractivity contribution in [3.63, 3.8) is 0 Å². The minimum absolute atomic E-state index is 0.0960. The monoisotopic (exact) mass is 338 g/mol. The highest BCUT2D eigenvalue weighted by Gasteiger charge is 2.33. The van der Waals surface area contributed by atoms with Gasteiger partial charge in [0.25, 0.3) is 0 Å². The molecular formula is C13H15BrN4O2. The Labute approximate surface area is 125 Å². The van der Waals surface area contributed by atoms with E-state index in [0.717, 1.165) is 11.0 Å². The number of nitrogens with zero attached hydrogens (tertiary/aromatic N) is 3. The van der Waals surface area contributed by atoms with Gasteiger partial charge in [0.2, 0.25) is 11.7 Å². The number of hydrogen-bond donors (Lipinski definition) is 1. The third-order valence-corrected chi connectivity index (χ3v) is 3.92. The second-order valence-corrected chi connectivity index (χ2v) is 5.45. The molecule has 1 saturated heterocycles. The van der Waals surface area contributed by atoms with Gasteiger partial charge in [-0.3, -0.25) is 4.98 Å². The summed E-state index contributed by atoms with van der Waals surface area (Å²) in [7, 11) is 0. The third kappa shape index (κ3) is 2.61. The Morgan fingerprint density at radius 2 is 2.35 bits per heavy atom. The van der Waals surface area contributed by atoms with Crippen LogP contribution in [0, 0.1) is 0 Å². The minimum atomic E-state index is 0.0960. The molecule has 6 nitrogen and oxygen atoms in total. The van der Waals surface area contributed by atoms with E-state index in [2.05, 4.69) is 43.3 Å². The number of aromatic nitrogens is 3. The highest BCUT2D eigenvalue weighted by atomic mass is 79.9. The number of likely N-dealkylation sites (N-methyl/N-ethyl adjacent to an activating group) is 1. The van der Waals surface area contributed by atoms with Gasteiger partial charge in [-0.2, -0.15) is 4.98 Å². The molecule has 3 rings (SSSR count). The molecule has 0 spiro atoms. The Hall–Kier alpha value is -1.31. The second-order valence-electron chi connectivity index (χ2n) is 4.60. The van der Waals surface area contributed by atoms with E-state index in [9.17, 15) is 0 Å². The van der Waals surface area contributed by atoms with Crippen LogP contribution in [0.1, 0.15) is 18.7 Å². The summed E-state index contributed by atoms with van der Waals surface area (Å²) in [6.07, 6.45) is 1.70. The number of halogens is 1. The van der Waals surface area contributed by atoms with Crippen LogP contribution < -0.4 is 5.32 Å². The van der Waals surface area contributed by atoms with Gasteiger partial charge < -0.3 is 14.6 Å². The SMILES string of the molecule is CCNC1COCC1c1nc(-c2ncccc2Br)no1. The van der Waals surface area contributed by atoms with Gasteiger partial charge in [0.1, 0.15) is 5.69 Å². The molecule has 20 heavy (non-hydrogen) atoms. The summed E-state index contributed by atoms with van der Waals surface area (Å²) >= 11 is 3.44. The molecule has 0 radical (unpaired) electrons. The second kappa shape index (κ2) is 5.99. The van der Waals surface area contributed by atoms with Gasteiger partial charge >= 0.3 is 0 Å². The smallest absolute Gasteiger partial charge is 0.234 e. The lowest BCUT2D eigenvalue weighted by Crippen LogP contribution is -2.34. The highest BCUT2D eigenvalue weighted by Crippen LogP contribution is 2.28. The topological polar surface area (TPSA) is 73.1 Å². The molecule has 106 valence electrons. The molecule has 1 fully saturated rings. The molecule has 0 aliphatic carbocycles. The van der Waals surface area contributed by atoms with Crippen molar-refractivity contribution in [1.82, 2.24) is 20.4 Å². The molecule has 0 saturated carbocycles. The minimum Gasteiger partial charge on any atom is -0.379 e. The maximum absolute atomic E-state index is 5.50. The van der Waals surface area contributed by atoms with Gasteiger partial charge in [-0.15, -0.1) is 0 Å². The first-order valence-electron chi connectivity index (χ1n) is 6.55. The standard InChI is InChI=1S/C13H15BrN4O2/c1-2-15-10-7-19-6-8(10)13-17-12(18-20-13)11-9(14)4-3-5-16-11/h3-5,8,10,15H,2,6-7H2,1H3. The molecular weight excluding hydrogens is 324 g/mol. The molecule has 2 aromatic heterocycles. The summed E-state index contributed by atoms with van der Waals surface area (Å²) in [5.74, 6) is 1.19. The zero-order valence-electron chi connectivity index (χ0n) is 11.0. The summed E-state index contributed by atoms with van der Waals surface area (Å²) in [4.78, 5) is 8.73. The van der Waals surface area contributed by atoms with Crippen molar-refractivity contribution >= 4 is 15.9 Å². The summed E-state index contributed by atoms with van der Waals surface area (Å²) in [6.45, 7) is 4.23. The molecule has 1 aliphatic heterocycles. The van der Waals surface area contributed by atoms with Gasteiger partial charge in [-0.25, -0.2) is 0 Å². The first-order valence-corrected chi connectivity index (χ1v) is 7.34. The first-order chi connectivity index (χ1) is 9.79. The molecule has 3 heterocycles. The Kier molecular flexibility index (Phi) is 4.09. The highest BCUT2D eigenvalue weighted by molar-refractivity contribution is 9.10. The van der Waals surface area contributed by atoms with Gasteiger partial charge in [0, 0.05) is 16.7 Å². The van der Waals surface area contributed by atoms with Crippen LogP contribution in [0.15, 0.2) is 27.3 Å². The van der Waals surface area contributed by atoms with Crippen LogP contribution in [0.3, 0.4) is 0 Å². The van der Waals surface area contributed by atoms with Crippen LogP contribution in [0.25, 0.3) is 11.5 Å². The largest absolute Gasteiger partial charge is 0.379 e. The molecule has 0 amide bonds. The number of hydrogen-bond acceptors (Lipinski definition) is 6. The van der Waals surface area contributed by atoms with Crippen molar-refractivity contribution in [2.75, 3.05) is 19.8 Å². The van der Waals surface area contributed by atoms with Gasteiger partial charge in [0.05, 0.1) is 19.1 Å². The Bertz CT molecular complexity index is 589. The lowest BCUT2D eigenvalue weighted by Gasteiger charge is -2.13. The van der Waals surface area contributed by atoms with Gasteiger partial charge in [-0.05, 0) is 34.6 Å². The average Bonchev–Trinajstić information content (AvgIpc) is 3.08. The van der Waals surface area contributed by atoms with Crippen molar-refractivity contribution in [2.24, 2.45) is 0 Å². The van der Waals surface area contributed by atoms with Gasteiger partial charge in [-0.1, -0.05) is 12.1 Å². The van der Waals surface area contributed by atoms with Crippen molar-refractivity contribution in [2.45, 2.75) is 18.9 Å². The van der Waals surface area contributed by atoms with E-state index in [1.54, 1.807) is 6.20 Å². The fraction of sp³-hybridized carbons (Fsp3) is 0.462. The Morgan fingerprint density at radius 1 is 1.45 bits per heavy atom. The van der Waals surface area contributed by atoms with Crippen LogP contribution in [-0.2, 0) is 4.74 Å². The van der Waals surface area contributed by atoms with E-state index in [1.807, 2.05) is 12.1 Å². The number of nitrogens with one attached hydrogen (secondary N) is 1. The number of ether oxygens (including phenoxy) is 1. The normalized spacial score (nSPS) is 22.3. The van der Waals surface area contributed by atoms with E-state index in [0.29, 0.717) is 30.6 Å². The molecule has 1 aliphatic rings. The van der Waals surface area contributed by atoms with E-state index in [4.69, 9.17) is 9.26 Å². The zero-order chi connectivity index (χ0) is 13.9. The molecule has 0 bridgehead atoms. The zero-order valence-corrected chi connectivity index (χ0v) is 12.6. The predicted octanol–water partition coefficient (Wildman–Crippen LogP) is 1.99. The molecule has 2 unspecified atom stereocenters. The van der Waals surface area contributed by atoms with E-state index in [1.165, 1.54) is 0 Å². The lowest BCUT2D eigenvalue weighted by atomic mass is 10.0. The molecule has 7 heteroatoms. The maximum Gasteiger partial charge on any atom is 0.234 e. The molecule has 2 atom stereocenters. The van der Waals surface area contributed by atoms with E-state index in [-0.39, 0.29) is 12.0 Å². The van der Waals surface area contributed by atoms with Crippen molar-refractivity contribution in [1.29, 1.82) is 0 Å². The van der Waals surface area contributed by atoms with Crippen molar-refractivity contribution in [3.8, 4) is 11.5 Å². The molecule has 2 aromatic rings. The summed E-state index contributed by atoms with van der Waals surface area (Å²) < 4.78 is 11.7. The number of rotatable bonds is 4. The quantitative estimate of drug-likeness (QED) is 0.918. The first kappa shape index (κ1) is 13.7. The Morgan fingerprint density at radius 3 is 3.15 bits per heavy atom. The van der Waals surface area contributed by atoms with Crippen LogP contribution in [0.5, 0.6) is 0 Å². The fourth-order valence-corrected chi connectivity index (χ4v) is 2.73. The lowest BCUT2D eigenvalue weighted by molar-refractivity contribution is 0.185. The summed E-state index contributed by atoms with van der Waals surface area (Å²) in [5.41, 5.74) is 0.682. The average molecular weight is 339 g/mol. The Balaban J connectivity index is 1.85. The van der Waals surface area contributed by atoms with Crippen molar-refractivity contribution in [3.05, 3.63) is 28.7 Å².